The van der Waals surface area contributed by atoms with Crippen LogP contribution in [0.15, 0.2) is 24.3 Å². The SMILES string of the molecule is CCNC(CC(=O)O)C(=O)c1ccc(NC(C)=O)cc1. The van der Waals surface area contributed by atoms with E-state index in [1.165, 1.54) is 6.92 Å². The summed E-state index contributed by atoms with van der Waals surface area (Å²) >= 11 is 0. The third kappa shape index (κ3) is 4.81. The van der Waals surface area contributed by atoms with Crippen molar-refractivity contribution in [1.29, 1.82) is 0 Å². The van der Waals surface area contributed by atoms with Crippen LogP contribution in [0.25, 0.3) is 0 Å². The third-order valence-electron chi connectivity index (χ3n) is 2.64. The number of aliphatic carboxylic acids is 1. The summed E-state index contributed by atoms with van der Waals surface area (Å²) in [4.78, 5) is 33.8. The number of rotatable bonds is 7. The van der Waals surface area contributed by atoms with Gasteiger partial charge in [0.1, 0.15) is 0 Å². The number of carbonyl (C=O) groups is 3. The molecule has 6 nitrogen and oxygen atoms in total. The Morgan fingerprint density at radius 3 is 2.25 bits per heavy atom. The number of ketones is 1. The van der Waals surface area contributed by atoms with Crippen LogP contribution in [-0.4, -0.2) is 35.4 Å². The Bertz CT molecular complexity index is 496. The zero-order valence-electron chi connectivity index (χ0n) is 11.5. The second-order valence-corrected chi connectivity index (χ2v) is 4.33. The molecule has 1 aromatic rings. The van der Waals surface area contributed by atoms with Crippen LogP contribution in [0.3, 0.4) is 0 Å². The van der Waals surface area contributed by atoms with Gasteiger partial charge in [0.25, 0.3) is 0 Å². The molecule has 1 rings (SSSR count). The highest BCUT2D eigenvalue weighted by Crippen LogP contribution is 2.12. The summed E-state index contributed by atoms with van der Waals surface area (Å²) in [5.74, 6) is -1.50. The Kier molecular flexibility index (Phi) is 5.86. The number of hydrogen-bond acceptors (Lipinski definition) is 4. The van der Waals surface area contributed by atoms with Crippen molar-refractivity contribution >= 4 is 23.3 Å². The second-order valence-electron chi connectivity index (χ2n) is 4.33. The topological polar surface area (TPSA) is 95.5 Å². The molecule has 108 valence electrons. The summed E-state index contributed by atoms with van der Waals surface area (Å²) in [5.41, 5.74) is 0.999. The number of carbonyl (C=O) groups excluding carboxylic acids is 2. The molecule has 0 saturated heterocycles. The second kappa shape index (κ2) is 7.40. The molecule has 0 radical (unpaired) electrons. The van der Waals surface area contributed by atoms with E-state index in [9.17, 15) is 14.4 Å². The minimum absolute atomic E-state index is 0.194. The van der Waals surface area contributed by atoms with Crippen LogP contribution in [-0.2, 0) is 9.59 Å². The molecule has 6 heteroatoms. The zero-order valence-corrected chi connectivity index (χ0v) is 11.5. The van der Waals surface area contributed by atoms with Crippen LogP contribution in [0.5, 0.6) is 0 Å². The molecule has 0 heterocycles. The summed E-state index contributed by atoms with van der Waals surface area (Å²) < 4.78 is 0. The van der Waals surface area contributed by atoms with Crippen LogP contribution in [0, 0.1) is 0 Å². The molecule has 0 spiro atoms. The van der Waals surface area contributed by atoms with E-state index in [-0.39, 0.29) is 18.1 Å². The highest BCUT2D eigenvalue weighted by Gasteiger charge is 2.21. The standard InChI is InChI=1S/C14H18N2O4/c1-3-15-12(8-13(18)19)14(20)10-4-6-11(7-5-10)16-9(2)17/h4-7,12,15H,3,8H2,1-2H3,(H,16,17)(H,18,19). The average molecular weight is 278 g/mol. The van der Waals surface area contributed by atoms with E-state index >= 15 is 0 Å². The van der Waals surface area contributed by atoms with E-state index in [2.05, 4.69) is 10.6 Å². The molecule has 0 saturated carbocycles. The van der Waals surface area contributed by atoms with Crippen molar-refractivity contribution in [2.24, 2.45) is 0 Å². The summed E-state index contributed by atoms with van der Waals surface area (Å²) in [5, 5.41) is 14.3. The van der Waals surface area contributed by atoms with Gasteiger partial charge in [0.2, 0.25) is 5.91 Å². The minimum Gasteiger partial charge on any atom is -0.481 e. The number of anilines is 1. The number of carboxylic acid groups (broad SMARTS) is 1. The Labute approximate surface area is 117 Å². The Morgan fingerprint density at radius 1 is 1.20 bits per heavy atom. The predicted molar refractivity (Wildman–Crippen MR) is 74.8 cm³/mol. The number of likely N-dealkylation sites (N-methyl/N-ethyl adjacent to an activating group) is 1. The van der Waals surface area contributed by atoms with Gasteiger partial charge in [0.05, 0.1) is 12.5 Å². The lowest BCUT2D eigenvalue weighted by Gasteiger charge is -2.14. The van der Waals surface area contributed by atoms with E-state index in [4.69, 9.17) is 5.11 Å². The quantitative estimate of drug-likeness (QED) is 0.653. The molecule has 0 aliphatic carbocycles. The lowest BCUT2D eigenvalue weighted by Crippen LogP contribution is -2.38. The number of benzene rings is 1. The fourth-order valence-electron chi connectivity index (χ4n) is 1.80. The van der Waals surface area contributed by atoms with Crippen LogP contribution in [0.4, 0.5) is 5.69 Å². The molecule has 0 fully saturated rings. The van der Waals surface area contributed by atoms with Gasteiger partial charge in [-0.3, -0.25) is 14.4 Å². The summed E-state index contributed by atoms with van der Waals surface area (Å²) in [7, 11) is 0. The summed E-state index contributed by atoms with van der Waals surface area (Å²) in [6.07, 6.45) is -0.264. The maximum absolute atomic E-state index is 12.2. The summed E-state index contributed by atoms with van der Waals surface area (Å²) in [6, 6.07) is 5.61. The molecule has 3 N–H and O–H groups in total. The van der Waals surface area contributed by atoms with Gasteiger partial charge in [-0.25, -0.2) is 0 Å². The van der Waals surface area contributed by atoms with E-state index in [0.29, 0.717) is 17.8 Å². The van der Waals surface area contributed by atoms with Crippen molar-refractivity contribution in [2.45, 2.75) is 26.3 Å². The first-order valence-electron chi connectivity index (χ1n) is 6.31. The van der Waals surface area contributed by atoms with E-state index < -0.39 is 12.0 Å². The molecular formula is C14H18N2O4. The fourth-order valence-corrected chi connectivity index (χ4v) is 1.80. The lowest BCUT2D eigenvalue weighted by molar-refractivity contribution is -0.137. The van der Waals surface area contributed by atoms with Crippen molar-refractivity contribution in [2.75, 3.05) is 11.9 Å². The van der Waals surface area contributed by atoms with Gasteiger partial charge in [0, 0.05) is 18.2 Å². The van der Waals surface area contributed by atoms with Crippen LogP contribution >= 0.6 is 0 Å². The molecule has 20 heavy (non-hydrogen) atoms. The van der Waals surface area contributed by atoms with Gasteiger partial charge in [-0.15, -0.1) is 0 Å². The van der Waals surface area contributed by atoms with Gasteiger partial charge in [-0.1, -0.05) is 6.92 Å². The van der Waals surface area contributed by atoms with Gasteiger partial charge in [-0.05, 0) is 30.8 Å². The van der Waals surface area contributed by atoms with Crippen LogP contribution in [0.2, 0.25) is 0 Å². The molecule has 0 bridgehead atoms. The fraction of sp³-hybridized carbons (Fsp3) is 0.357. The summed E-state index contributed by atoms with van der Waals surface area (Å²) in [6.45, 7) is 3.71. The normalized spacial score (nSPS) is 11.7. The van der Waals surface area contributed by atoms with Crippen LogP contribution < -0.4 is 10.6 Å². The molecule has 0 aliphatic heterocycles. The highest BCUT2D eigenvalue weighted by atomic mass is 16.4. The molecule has 1 amide bonds. The largest absolute Gasteiger partial charge is 0.481 e. The zero-order chi connectivity index (χ0) is 15.1. The number of nitrogens with one attached hydrogen (secondary N) is 2. The first-order valence-corrected chi connectivity index (χ1v) is 6.31. The average Bonchev–Trinajstić information content (AvgIpc) is 2.37. The number of Topliss-reactive ketones (excluding diaryl/α,β-unsaturated/α-hetero) is 1. The molecule has 1 aromatic carbocycles. The molecule has 0 aromatic heterocycles. The maximum atomic E-state index is 12.2. The maximum Gasteiger partial charge on any atom is 0.305 e. The van der Waals surface area contributed by atoms with Gasteiger partial charge in [0.15, 0.2) is 5.78 Å². The van der Waals surface area contributed by atoms with Crippen molar-refractivity contribution in [3.05, 3.63) is 29.8 Å². The lowest BCUT2D eigenvalue weighted by atomic mass is 10.0. The van der Waals surface area contributed by atoms with Crippen LogP contribution in [0.1, 0.15) is 30.6 Å². The first-order chi connectivity index (χ1) is 9.43. The van der Waals surface area contributed by atoms with Crippen molar-refractivity contribution in [3.63, 3.8) is 0 Å². The van der Waals surface area contributed by atoms with E-state index in [0.717, 1.165) is 0 Å². The highest BCUT2D eigenvalue weighted by molar-refractivity contribution is 6.02. The van der Waals surface area contributed by atoms with Gasteiger partial charge in [-0.2, -0.15) is 0 Å². The number of carboxylic acids is 1. The van der Waals surface area contributed by atoms with Crippen molar-refractivity contribution in [1.82, 2.24) is 5.32 Å². The minimum atomic E-state index is -1.03. The van der Waals surface area contributed by atoms with Gasteiger partial charge < -0.3 is 15.7 Å². The van der Waals surface area contributed by atoms with E-state index in [1.807, 2.05) is 6.92 Å². The number of hydrogen-bond donors (Lipinski definition) is 3. The Balaban J connectivity index is 2.83. The molecule has 1 atom stereocenters. The van der Waals surface area contributed by atoms with Crippen molar-refractivity contribution in [3.8, 4) is 0 Å². The first kappa shape index (κ1) is 15.8. The van der Waals surface area contributed by atoms with Crippen molar-refractivity contribution < 1.29 is 19.5 Å². The predicted octanol–water partition coefficient (Wildman–Crippen LogP) is 1.28. The molecule has 1 unspecified atom stereocenters. The molecule has 0 aliphatic rings. The van der Waals surface area contributed by atoms with Gasteiger partial charge >= 0.3 is 5.97 Å². The van der Waals surface area contributed by atoms with E-state index in [1.54, 1.807) is 24.3 Å². The Morgan fingerprint density at radius 2 is 1.80 bits per heavy atom. The smallest absolute Gasteiger partial charge is 0.305 e. The molecular weight excluding hydrogens is 260 g/mol. The monoisotopic (exact) mass is 278 g/mol. The third-order valence-corrected chi connectivity index (χ3v) is 2.64. The Hall–Kier alpha value is -2.21. The number of amides is 1.